The summed E-state index contributed by atoms with van der Waals surface area (Å²) >= 11 is 12.1. The minimum Gasteiger partial charge on any atom is -0.478 e. The van der Waals surface area contributed by atoms with Crippen molar-refractivity contribution in [1.29, 1.82) is 0 Å². The first kappa shape index (κ1) is 18.0. The maximum atomic E-state index is 12.2. The van der Waals surface area contributed by atoms with Crippen LogP contribution < -0.4 is 5.32 Å². The van der Waals surface area contributed by atoms with Crippen LogP contribution in [0.25, 0.3) is 11.3 Å². The lowest BCUT2D eigenvalue weighted by Crippen LogP contribution is -2.22. The fourth-order valence-corrected chi connectivity index (χ4v) is 2.71. The van der Waals surface area contributed by atoms with E-state index in [-0.39, 0.29) is 17.9 Å². The Morgan fingerprint density at radius 3 is 2.42 bits per heavy atom. The number of rotatable bonds is 5. The number of hydrogen-bond donors (Lipinski definition) is 2. The number of furan rings is 1. The van der Waals surface area contributed by atoms with E-state index < -0.39 is 11.9 Å². The molecule has 0 aliphatic heterocycles. The van der Waals surface area contributed by atoms with Gasteiger partial charge in [0.2, 0.25) is 0 Å². The third-order valence-corrected chi connectivity index (χ3v) is 4.24. The van der Waals surface area contributed by atoms with Gasteiger partial charge >= 0.3 is 5.97 Å². The average molecular weight is 390 g/mol. The van der Waals surface area contributed by atoms with E-state index in [1.807, 2.05) is 0 Å². The number of carbonyl (C=O) groups is 2. The van der Waals surface area contributed by atoms with Crippen LogP contribution in [0.15, 0.2) is 59.0 Å². The third-order valence-electron chi connectivity index (χ3n) is 3.68. The van der Waals surface area contributed by atoms with Crippen molar-refractivity contribution in [1.82, 2.24) is 5.32 Å². The lowest BCUT2D eigenvalue weighted by atomic mass is 10.1. The van der Waals surface area contributed by atoms with E-state index >= 15 is 0 Å². The monoisotopic (exact) mass is 389 g/mol. The van der Waals surface area contributed by atoms with Gasteiger partial charge in [0.1, 0.15) is 5.76 Å². The quantitative estimate of drug-likeness (QED) is 0.651. The van der Waals surface area contributed by atoms with Crippen molar-refractivity contribution in [2.75, 3.05) is 0 Å². The van der Waals surface area contributed by atoms with Crippen LogP contribution >= 0.6 is 23.2 Å². The summed E-state index contributed by atoms with van der Waals surface area (Å²) < 4.78 is 5.57. The number of amides is 1. The van der Waals surface area contributed by atoms with Crippen LogP contribution in [0.4, 0.5) is 0 Å². The van der Waals surface area contributed by atoms with Crippen molar-refractivity contribution in [3.63, 3.8) is 0 Å². The van der Waals surface area contributed by atoms with Gasteiger partial charge in [0.25, 0.3) is 5.91 Å². The maximum absolute atomic E-state index is 12.2. The molecule has 0 saturated heterocycles. The van der Waals surface area contributed by atoms with Gasteiger partial charge in [-0.25, -0.2) is 4.79 Å². The number of carboxylic acid groups (broad SMARTS) is 1. The van der Waals surface area contributed by atoms with Gasteiger partial charge in [-0.2, -0.15) is 0 Å². The summed E-state index contributed by atoms with van der Waals surface area (Å²) in [6.07, 6.45) is 0. The van der Waals surface area contributed by atoms with Crippen molar-refractivity contribution in [2.45, 2.75) is 6.54 Å². The van der Waals surface area contributed by atoms with E-state index in [9.17, 15) is 9.59 Å². The topological polar surface area (TPSA) is 79.5 Å². The van der Waals surface area contributed by atoms with Gasteiger partial charge in [0.05, 0.1) is 10.6 Å². The summed E-state index contributed by atoms with van der Waals surface area (Å²) in [6.45, 7) is 0.243. The highest BCUT2D eigenvalue weighted by Crippen LogP contribution is 2.31. The molecule has 0 atom stereocenters. The van der Waals surface area contributed by atoms with E-state index in [1.54, 1.807) is 42.5 Å². The van der Waals surface area contributed by atoms with Gasteiger partial charge < -0.3 is 14.8 Å². The molecule has 0 bridgehead atoms. The lowest BCUT2D eigenvalue weighted by molar-refractivity contribution is 0.0696. The van der Waals surface area contributed by atoms with E-state index in [0.29, 0.717) is 21.4 Å². The van der Waals surface area contributed by atoms with Crippen LogP contribution in [0, 0.1) is 0 Å². The second-order valence-electron chi connectivity index (χ2n) is 5.47. The first-order valence-corrected chi connectivity index (χ1v) is 8.35. The molecule has 0 aliphatic carbocycles. The molecule has 0 aliphatic rings. The van der Waals surface area contributed by atoms with Crippen LogP contribution in [-0.4, -0.2) is 17.0 Å². The second-order valence-corrected chi connectivity index (χ2v) is 6.32. The summed E-state index contributed by atoms with van der Waals surface area (Å²) in [4.78, 5) is 23.1. The molecular weight excluding hydrogens is 377 g/mol. The smallest absolute Gasteiger partial charge is 0.335 e. The van der Waals surface area contributed by atoms with E-state index in [1.165, 1.54) is 12.1 Å². The molecule has 0 radical (unpaired) electrons. The Morgan fingerprint density at radius 1 is 1.00 bits per heavy atom. The highest BCUT2D eigenvalue weighted by atomic mass is 35.5. The first-order valence-electron chi connectivity index (χ1n) is 7.60. The molecule has 0 spiro atoms. The van der Waals surface area contributed by atoms with Crippen LogP contribution in [0.3, 0.4) is 0 Å². The number of hydrogen-bond acceptors (Lipinski definition) is 3. The van der Waals surface area contributed by atoms with Gasteiger partial charge in [-0.3, -0.25) is 4.79 Å². The van der Waals surface area contributed by atoms with Crippen molar-refractivity contribution >= 4 is 35.1 Å². The minimum absolute atomic E-state index is 0.137. The summed E-state index contributed by atoms with van der Waals surface area (Å²) in [7, 11) is 0. The molecule has 132 valence electrons. The molecular formula is C19H13Cl2NO4. The first-order chi connectivity index (χ1) is 12.4. The normalized spacial score (nSPS) is 10.5. The summed E-state index contributed by atoms with van der Waals surface area (Å²) in [5.41, 5.74) is 1.56. The van der Waals surface area contributed by atoms with Crippen LogP contribution in [0.2, 0.25) is 10.0 Å². The zero-order valence-electron chi connectivity index (χ0n) is 13.3. The molecule has 0 unspecified atom stereocenters. The number of carbonyl (C=O) groups excluding carboxylic acids is 1. The highest BCUT2D eigenvalue weighted by molar-refractivity contribution is 6.35. The number of benzene rings is 2. The number of nitrogens with one attached hydrogen (secondary N) is 1. The van der Waals surface area contributed by atoms with E-state index in [4.69, 9.17) is 32.7 Å². The predicted octanol–water partition coefficient (Wildman–Crippen LogP) is 4.88. The molecule has 0 fully saturated rings. The molecule has 2 aromatic carbocycles. The van der Waals surface area contributed by atoms with Crippen LogP contribution in [0.1, 0.15) is 26.5 Å². The third kappa shape index (κ3) is 4.07. The molecule has 1 heterocycles. The molecule has 3 aromatic rings. The maximum Gasteiger partial charge on any atom is 0.335 e. The number of aromatic carboxylic acids is 1. The molecule has 3 rings (SSSR count). The Kier molecular flexibility index (Phi) is 5.30. The predicted molar refractivity (Wildman–Crippen MR) is 98.7 cm³/mol. The Labute approximate surface area is 159 Å². The second kappa shape index (κ2) is 7.64. The SMILES string of the molecule is O=C(O)c1ccc(CNC(=O)c2ccc(-c3cc(Cl)ccc3Cl)o2)cc1. The van der Waals surface area contributed by atoms with Crippen LogP contribution in [0.5, 0.6) is 0 Å². The van der Waals surface area contributed by atoms with Crippen LogP contribution in [-0.2, 0) is 6.54 Å². The van der Waals surface area contributed by atoms with Gasteiger partial charge in [-0.1, -0.05) is 35.3 Å². The highest BCUT2D eigenvalue weighted by Gasteiger charge is 2.14. The molecule has 26 heavy (non-hydrogen) atoms. The molecule has 0 saturated carbocycles. The fraction of sp³-hybridized carbons (Fsp3) is 0.0526. The van der Waals surface area contributed by atoms with Gasteiger partial charge in [-0.05, 0) is 48.0 Å². The number of halogens is 2. The lowest BCUT2D eigenvalue weighted by Gasteiger charge is -2.04. The van der Waals surface area contributed by atoms with Gasteiger partial charge in [0, 0.05) is 17.1 Å². The number of carboxylic acids is 1. The summed E-state index contributed by atoms with van der Waals surface area (Å²) in [6, 6.07) is 14.4. The largest absolute Gasteiger partial charge is 0.478 e. The standard InChI is InChI=1S/C19H13Cl2NO4/c20-13-5-6-15(21)14(9-13)16-7-8-17(26-16)18(23)22-10-11-1-3-12(4-2-11)19(24)25/h1-9H,10H2,(H,22,23)(H,24,25). The zero-order valence-corrected chi connectivity index (χ0v) is 14.8. The van der Waals surface area contributed by atoms with Crippen molar-refractivity contribution in [3.8, 4) is 11.3 Å². The van der Waals surface area contributed by atoms with Crippen molar-refractivity contribution < 1.29 is 19.1 Å². The fourth-order valence-electron chi connectivity index (χ4n) is 2.33. The van der Waals surface area contributed by atoms with Crippen molar-refractivity contribution in [2.24, 2.45) is 0 Å². The average Bonchev–Trinajstić information content (AvgIpc) is 3.12. The van der Waals surface area contributed by atoms with Gasteiger partial charge in [-0.15, -0.1) is 0 Å². The summed E-state index contributed by atoms with van der Waals surface area (Å²) in [5, 5.41) is 12.6. The van der Waals surface area contributed by atoms with E-state index in [0.717, 1.165) is 5.56 Å². The molecule has 1 aromatic heterocycles. The van der Waals surface area contributed by atoms with Gasteiger partial charge in [0.15, 0.2) is 5.76 Å². The van der Waals surface area contributed by atoms with Crippen molar-refractivity contribution in [3.05, 3.63) is 81.5 Å². The minimum atomic E-state index is -0.997. The Hall–Kier alpha value is -2.76. The summed E-state index contributed by atoms with van der Waals surface area (Å²) in [5.74, 6) is -0.813. The Bertz CT molecular complexity index is 964. The molecule has 1 amide bonds. The Morgan fingerprint density at radius 2 is 1.73 bits per heavy atom. The van der Waals surface area contributed by atoms with E-state index in [2.05, 4.69) is 5.32 Å². The molecule has 7 heteroatoms. The zero-order chi connectivity index (χ0) is 18.7. The molecule has 2 N–H and O–H groups in total. The molecule has 5 nitrogen and oxygen atoms in total. The Balaban J connectivity index is 1.68.